The fourth-order valence-corrected chi connectivity index (χ4v) is 4.18. The molecule has 1 unspecified atom stereocenters. The molecule has 0 aliphatic carbocycles. The van der Waals surface area contributed by atoms with Crippen molar-refractivity contribution in [2.24, 2.45) is 0 Å². The quantitative estimate of drug-likeness (QED) is 0.392. The van der Waals surface area contributed by atoms with Crippen LogP contribution in [-0.4, -0.2) is 52.8 Å². The highest BCUT2D eigenvalue weighted by atomic mass is 16.5. The fraction of sp³-hybridized carbons (Fsp3) is 0.310. The van der Waals surface area contributed by atoms with E-state index in [1.807, 2.05) is 54.6 Å². The molecule has 0 heterocycles. The molecule has 0 saturated heterocycles. The second kappa shape index (κ2) is 12.0. The Labute approximate surface area is 212 Å². The van der Waals surface area contributed by atoms with Gasteiger partial charge in [-0.1, -0.05) is 42.5 Å². The second-order valence-electron chi connectivity index (χ2n) is 8.38. The van der Waals surface area contributed by atoms with Crippen LogP contribution in [0.1, 0.15) is 23.1 Å². The van der Waals surface area contributed by atoms with E-state index in [0.717, 1.165) is 11.1 Å². The van der Waals surface area contributed by atoms with E-state index in [4.69, 9.17) is 18.9 Å². The Morgan fingerprint density at radius 2 is 1.39 bits per heavy atom. The van der Waals surface area contributed by atoms with E-state index < -0.39 is 5.41 Å². The largest absolute Gasteiger partial charge is 0.493 e. The Balaban J connectivity index is 1.88. The molecule has 7 heteroatoms. The van der Waals surface area contributed by atoms with Crippen LogP contribution in [0.2, 0.25) is 0 Å². The van der Waals surface area contributed by atoms with Crippen LogP contribution in [0.25, 0.3) is 0 Å². The van der Waals surface area contributed by atoms with E-state index in [9.17, 15) is 10.1 Å². The summed E-state index contributed by atoms with van der Waals surface area (Å²) >= 11 is 0. The number of ether oxygens (including phenoxy) is 4. The summed E-state index contributed by atoms with van der Waals surface area (Å²) in [7, 11) is 8.05. The van der Waals surface area contributed by atoms with Gasteiger partial charge in [-0.3, -0.25) is 4.79 Å². The number of carbonyl (C=O) groups excluding carboxylic acids is 1. The molecule has 0 saturated carbocycles. The highest BCUT2D eigenvalue weighted by Gasteiger charge is 2.38. The topological polar surface area (TPSA) is 81.0 Å². The highest BCUT2D eigenvalue weighted by Crippen LogP contribution is 2.40. The molecular weight excluding hydrogens is 456 g/mol. The zero-order valence-electron chi connectivity index (χ0n) is 21.4. The number of nitriles is 1. The van der Waals surface area contributed by atoms with Crippen LogP contribution in [0, 0.1) is 11.3 Å². The van der Waals surface area contributed by atoms with Crippen LogP contribution in [0.3, 0.4) is 0 Å². The molecule has 0 aromatic heterocycles. The minimum Gasteiger partial charge on any atom is -0.493 e. The van der Waals surface area contributed by atoms with Crippen molar-refractivity contribution >= 4 is 5.91 Å². The molecule has 0 radical (unpaired) electrons. The van der Waals surface area contributed by atoms with Crippen LogP contribution >= 0.6 is 0 Å². The molecule has 3 rings (SSSR count). The van der Waals surface area contributed by atoms with Gasteiger partial charge in [0.1, 0.15) is 5.41 Å². The van der Waals surface area contributed by atoms with E-state index in [-0.39, 0.29) is 12.3 Å². The summed E-state index contributed by atoms with van der Waals surface area (Å²) in [6, 6.07) is 22.9. The molecule has 1 atom stereocenters. The third-order valence-corrected chi connectivity index (χ3v) is 6.36. The van der Waals surface area contributed by atoms with Crippen LogP contribution in [0.5, 0.6) is 23.0 Å². The van der Waals surface area contributed by atoms with Crippen molar-refractivity contribution in [2.75, 3.05) is 42.0 Å². The summed E-state index contributed by atoms with van der Waals surface area (Å²) in [6.07, 6.45) is 0.606. The highest BCUT2D eigenvalue weighted by molar-refractivity contribution is 5.80. The molecule has 3 aromatic rings. The molecular formula is C29H32N2O5. The second-order valence-corrected chi connectivity index (χ2v) is 8.38. The summed E-state index contributed by atoms with van der Waals surface area (Å²) in [5.74, 6) is 2.21. The minimum atomic E-state index is -1.20. The number of likely N-dealkylation sites (N-methyl/N-ethyl adjacent to an activating group) is 1. The van der Waals surface area contributed by atoms with Gasteiger partial charge in [0.25, 0.3) is 0 Å². The predicted octanol–water partition coefficient (Wildman–Crippen LogP) is 4.62. The third kappa shape index (κ3) is 5.55. The van der Waals surface area contributed by atoms with E-state index in [0.29, 0.717) is 41.5 Å². The lowest BCUT2D eigenvalue weighted by Gasteiger charge is -2.30. The number of amides is 1. The van der Waals surface area contributed by atoms with Gasteiger partial charge in [-0.05, 0) is 47.4 Å². The zero-order chi connectivity index (χ0) is 26.1. The molecule has 36 heavy (non-hydrogen) atoms. The number of nitrogens with zero attached hydrogens (tertiary/aromatic N) is 2. The van der Waals surface area contributed by atoms with Gasteiger partial charge in [0.15, 0.2) is 23.0 Å². The van der Waals surface area contributed by atoms with Gasteiger partial charge in [0.2, 0.25) is 5.91 Å². The fourth-order valence-electron chi connectivity index (χ4n) is 4.18. The molecule has 0 bridgehead atoms. The number of methoxy groups -OCH3 is 4. The first-order valence-electron chi connectivity index (χ1n) is 11.6. The van der Waals surface area contributed by atoms with Crippen LogP contribution in [0.4, 0.5) is 0 Å². The summed E-state index contributed by atoms with van der Waals surface area (Å²) in [5, 5.41) is 10.5. The molecule has 7 nitrogen and oxygen atoms in total. The van der Waals surface area contributed by atoms with Crippen molar-refractivity contribution in [1.82, 2.24) is 4.90 Å². The van der Waals surface area contributed by atoms with E-state index in [2.05, 4.69) is 6.07 Å². The van der Waals surface area contributed by atoms with Crippen molar-refractivity contribution in [3.63, 3.8) is 0 Å². The van der Waals surface area contributed by atoms with Crippen molar-refractivity contribution in [1.29, 1.82) is 5.26 Å². The number of rotatable bonds is 11. The van der Waals surface area contributed by atoms with Crippen LogP contribution in [0.15, 0.2) is 66.7 Å². The van der Waals surface area contributed by atoms with Gasteiger partial charge in [-0.15, -0.1) is 0 Å². The summed E-state index contributed by atoms with van der Waals surface area (Å²) in [6.45, 7) is 0.483. The maximum Gasteiger partial charge on any atom is 0.224 e. The lowest BCUT2D eigenvalue weighted by Crippen LogP contribution is -2.37. The monoisotopic (exact) mass is 488 g/mol. The van der Waals surface area contributed by atoms with Gasteiger partial charge in [-0.2, -0.15) is 5.26 Å². The number of hydrogen-bond donors (Lipinski definition) is 0. The smallest absolute Gasteiger partial charge is 0.224 e. The first-order valence-corrected chi connectivity index (χ1v) is 11.6. The third-order valence-electron chi connectivity index (χ3n) is 6.36. The maximum atomic E-state index is 13.5. The Hall–Kier alpha value is -4.18. The zero-order valence-corrected chi connectivity index (χ0v) is 21.4. The maximum absolute atomic E-state index is 13.5. The normalized spacial score (nSPS) is 12.1. The van der Waals surface area contributed by atoms with Gasteiger partial charge in [0, 0.05) is 13.6 Å². The Morgan fingerprint density at radius 1 is 0.806 bits per heavy atom. The van der Waals surface area contributed by atoms with E-state index >= 15 is 0 Å². The number of carbonyl (C=O) groups is 1. The first-order chi connectivity index (χ1) is 17.4. The van der Waals surface area contributed by atoms with Crippen LogP contribution < -0.4 is 18.9 Å². The minimum absolute atomic E-state index is 0.0224. The Morgan fingerprint density at radius 3 is 1.97 bits per heavy atom. The molecule has 0 aliphatic rings. The molecule has 0 aliphatic heterocycles. The average Bonchev–Trinajstić information content (AvgIpc) is 2.94. The lowest BCUT2D eigenvalue weighted by molar-refractivity contribution is -0.130. The van der Waals surface area contributed by atoms with E-state index in [1.54, 1.807) is 52.5 Å². The van der Waals surface area contributed by atoms with Crippen molar-refractivity contribution in [3.05, 3.63) is 83.4 Å². The van der Waals surface area contributed by atoms with Gasteiger partial charge < -0.3 is 23.8 Å². The van der Waals surface area contributed by atoms with Crippen molar-refractivity contribution in [2.45, 2.75) is 18.3 Å². The molecule has 0 fully saturated rings. The molecule has 1 amide bonds. The average molecular weight is 489 g/mol. The van der Waals surface area contributed by atoms with Crippen LogP contribution in [-0.2, 0) is 16.6 Å². The number of benzene rings is 3. The van der Waals surface area contributed by atoms with Crippen molar-refractivity contribution < 1.29 is 23.7 Å². The SMILES string of the molecule is COc1ccc(CCN(C)C(=O)CC(C#N)(c2ccccc2)c2ccc(OC)c(OC)c2)cc1OC. The van der Waals surface area contributed by atoms with E-state index in [1.165, 1.54) is 0 Å². The standard InChI is InChI=1S/C29H32N2O5/c1-31(16-15-21-11-13-24(33-2)26(17-21)35-4)28(32)19-29(20-30,22-9-7-6-8-10-22)23-12-14-25(34-3)27(18-23)36-5/h6-14,17-18H,15-16,19H2,1-5H3. The predicted molar refractivity (Wildman–Crippen MR) is 138 cm³/mol. The lowest BCUT2D eigenvalue weighted by atomic mass is 9.72. The van der Waals surface area contributed by atoms with Gasteiger partial charge in [-0.25, -0.2) is 0 Å². The Bertz CT molecular complexity index is 1220. The summed E-state index contributed by atoms with van der Waals surface area (Å²) < 4.78 is 21.5. The Kier molecular flexibility index (Phi) is 8.80. The summed E-state index contributed by atoms with van der Waals surface area (Å²) in [5.41, 5.74) is 1.22. The molecule has 0 N–H and O–H groups in total. The molecule has 0 spiro atoms. The molecule has 3 aromatic carbocycles. The van der Waals surface area contributed by atoms with Crippen molar-refractivity contribution in [3.8, 4) is 29.1 Å². The number of hydrogen-bond acceptors (Lipinski definition) is 6. The summed E-state index contributed by atoms with van der Waals surface area (Å²) in [4.78, 5) is 15.1. The first kappa shape index (κ1) is 26.4. The molecule has 188 valence electrons. The van der Waals surface area contributed by atoms with Gasteiger partial charge >= 0.3 is 0 Å². The van der Waals surface area contributed by atoms with Gasteiger partial charge in [0.05, 0.1) is 40.9 Å².